The van der Waals surface area contributed by atoms with Gasteiger partial charge in [0.05, 0.1) is 4.91 Å². The molecule has 0 aliphatic carbocycles. The monoisotopic (exact) mass is 526 g/mol. The number of hydrogen-bond donors (Lipinski definition) is 1. The molecule has 9 heteroatoms. The summed E-state index contributed by atoms with van der Waals surface area (Å²) in [5.41, 5.74) is 1.79. The van der Waals surface area contributed by atoms with Gasteiger partial charge in [0.25, 0.3) is 17.1 Å². The van der Waals surface area contributed by atoms with E-state index in [9.17, 15) is 18.8 Å². The van der Waals surface area contributed by atoms with Crippen LogP contribution in [0.15, 0.2) is 82.6 Å². The molecule has 3 aromatic carbocycles. The second-order valence-electron chi connectivity index (χ2n) is 7.55. The molecule has 0 atom stereocenters. The van der Waals surface area contributed by atoms with Crippen molar-refractivity contribution >= 4 is 58.3 Å². The van der Waals surface area contributed by atoms with Gasteiger partial charge in [-0.25, -0.2) is 4.39 Å². The highest BCUT2D eigenvalue weighted by Crippen LogP contribution is 2.32. The first-order chi connectivity index (χ1) is 16.9. The maximum atomic E-state index is 13.9. The summed E-state index contributed by atoms with van der Waals surface area (Å²) in [7, 11) is 0. The number of thioether (sulfide) groups is 2. The van der Waals surface area contributed by atoms with E-state index in [1.807, 2.05) is 36.4 Å². The van der Waals surface area contributed by atoms with Crippen molar-refractivity contribution in [3.8, 4) is 0 Å². The number of carbonyl (C=O) groups excluding carboxylic acids is 3. The summed E-state index contributed by atoms with van der Waals surface area (Å²) >= 11 is 8.33. The minimum atomic E-state index is -0.500. The Morgan fingerprint density at radius 1 is 1.03 bits per heavy atom. The van der Waals surface area contributed by atoms with E-state index in [0.717, 1.165) is 32.9 Å². The van der Waals surface area contributed by atoms with E-state index in [0.29, 0.717) is 10.6 Å². The van der Waals surface area contributed by atoms with E-state index >= 15 is 0 Å². The first kappa shape index (κ1) is 25.0. The summed E-state index contributed by atoms with van der Waals surface area (Å²) < 4.78 is 13.9. The SMILES string of the molecule is O=C(NCCN1C(=O)S/C(=C\c2ccccc2F)C1=O)c1ccc(CSc2ccc(Cl)cc2)cc1. The van der Waals surface area contributed by atoms with Crippen LogP contribution in [0.2, 0.25) is 5.02 Å². The first-order valence-electron chi connectivity index (χ1n) is 10.7. The zero-order valence-electron chi connectivity index (χ0n) is 18.4. The van der Waals surface area contributed by atoms with Crippen LogP contribution in [0.4, 0.5) is 9.18 Å². The molecule has 1 saturated heterocycles. The first-order valence-corrected chi connectivity index (χ1v) is 12.8. The summed E-state index contributed by atoms with van der Waals surface area (Å²) in [6, 6.07) is 20.9. The average Bonchev–Trinajstić information content (AvgIpc) is 3.12. The highest BCUT2D eigenvalue weighted by Gasteiger charge is 2.34. The fraction of sp³-hybridized carbons (Fsp3) is 0.115. The van der Waals surface area contributed by atoms with Gasteiger partial charge in [0.15, 0.2) is 0 Å². The van der Waals surface area contributed by atoms with Gasteiger partial charge in [-0.2, -0.15) is 0 Å². The molecule has 0 saturated carbocycles. The summed E-state index contributed by atoms with van der Waals surface area (Å²) in [4.78, 5) is 39.6. The predicted octanol–water partition coefficient (Wildman–Crippen LogP) is 6.24. The summed E-state index contributed by atoms with van der Waals surface area (Å²) in [5, 5.41) is 2.98. The molecule has 5 nitrogen and oxygen atoms in total. The van der Waals surface area contributed by atoms with Crippen molar-refractivity contribution in [3.63, 3.8) is 0 Å². The van der Waals surface area contributed by atoms with Gasteiger partial charge in [0.2, 0.25) is 0 Å². The van der Waals surface area contributed by atoms with Crippen LogP contribution in [0.25, 0.3) is 6.08 Å². The Morgan fingerprint density at radius 2 is 1.74 bits per heavy atom. The lowest BCUT2D eigenvalue weighted by Crippen LogP contribution is -2.37. The second kappa shape index (κ2) is 11.6. The number of hydrogen-bond acceptors (Lipinski definition) is 5. The molecule has 0 radical (unpaired) electrons. The lowest BCUT2D eigenvalue weighted by molar-refractivity contribution is -0.122. The lowest BCUT2D eigenvalue weighted by atomic mass is 10.1. The van der Waals surface area contributed by atoms with Crippen molar-refractivity contribution in [2.24, 2.45) is 0 Å². The standard InChI is InChI=1S/C26H20ClFN2O3S2/c27-20-9-11-21(12-10-20)34-16-17-5-7-18(8-6-17)24(31)29-13-14-30-25(32)23(35-26(30)33)15-19-3-1-2-4-22(19)28/h1-12,15H,13-14,16H2,(H,29,31)/b23-15-. The van der Waals surface area contributed by atoms with E-state index in [1.165, 1.54) is 18.2 Å². The Bertz CT molecular complexity index is 1280. The Balaban J connectivity index is 1.27. The molecule has 0 bridgehead atoms. The van der Waals surface area contributed by atoms with Crippen molar-refractivity contribution in [2.45, 2.75) is 10.6 Å². The fourth-order valence-corrected chi connectivity index (χ4v) is 5.10. The molecule has 3 amide bonds. The van der Waals surface area contributed by atoms with Gasteiger partial charge in [-0.05, 0) is 65.9 Å². The van der Waals surface area contributed by atoms with Gasteiger partial charge in [-0.15, -0.1) is 11.8 Å². The molecule has 1 heterocycles. The molecule has 0 spiro atoms. The molecule has 1 N–H and O–H groups in total. The normalized spacial score (nSPS) is 14.6. The minimum Gasteiger partial charge on any atom is -0.350 e. The Morgan fingerprint density at radius 3 is 2.46 bits per heavy atom. The van der Waals surface area contributed by atoms with Gasteiger partial charge in [0, 0.05) is 39.9 Å². The molecule has 1 fully saturated rings. The molecular weight excluding hydrogens is 507 g/mol. The average molecular weight is 527 g/mol. The molecule has 4 rings (SSSR count). The number of halogens is 2. The van der Waals surface area contributed by atoms with Crippen molar-refractivity contribution < 1.29 is 18.8 Å². The van der Waals surface area contributed by atoms with Crippen molar-refractivity contribution in [3.05, 3.63) is 105 Å². The molecule has 1 aliphatic heterocycles. The van der Waals surface area contributed by atoms with Gasteiger partial charge in [-0.3, -0.25) is 19.3 Å². The topological polar surface area (TPSA) is 66.5 Å². The highest BCUT2D eigenvalue weighted by molar-refractivity contribution is 8.18. The van der Waals surface area contributed by atoms with Gasteiger partial charge >= 0.3 is 0 Å². The van der Waals surface area contributed by atoms with Crippen molar-refractivity contribution in [2.75, 3.05) is 13.1 Å². The zero-order chi connectivity index (χ0) is 24.8. The molecule has 1 aliphatic rings. The van der Waals surface area contributed by atoms with Crippen LogP contribution in [-0.4, -0.2) is 35.0 Å². The van der Waals surface area contributed by atoms with Crippen LogP contribution < -0.4 is 5.32 Å². The summed E-state index contributed by atoms with van der Waals surface area (Å²) in [6.45, 7) is 0.138. The number of nitrogens with one attached hydrogen (secondary N) is 1. The lowest BCUT2D eigenvalue weighted by Gasteiger charge is -2.13. The van der Waals surface area contributed by atoms with E-state index in [1.54, 1.807) is 36.0 Å². The van der Waals surface area contributed by atoms with E-state index < -0.39 is 17.0 Å². The maximum absolute atomic E-state index is 13.9. The third kappa shape index (κ3) is 6.54. The molecule has 35 heavy (non-hydrogen) atoms. The Kier molecular flexibility index (Phi) is 8.28. The van der Waals surface area contributed by atoms with Crippen LogP contribution >= 0.6 is 35.1 Å². The van der Waals surface area contributed by atoms with Gasteiger partial charge < -0.3 is 5.32 Å². The third-order valence-electron chi connectivity index (χ3n) is 5.12. The maximum Gasteiger partial charge on any atom is 0.293 e. The van der Waals surface area contributed by atoms with Crippen LogP contribution in [-0.2, 0) is 10.5 Å². The van der Waals surface area contributed by atoms with Gasteiger partial charge in [-0.1, -0.05) is 41.9 Å². The number of amides is 3. The number of rotatable bonds is 8. The van der Waals surface area contributed by atoms with Crippen LogP contribution in [0, 0.1) is 5.82 Å². The molecule has 0 unspecified atom stereocenters. The van der Waals surface area contributed by atoms with E-state index in [2.05, 4.69) is 5.32 Å². The quantitative estimate of drug-likeness (QED) is 0.278. The largest absolute Gasteiger partial charge is 0.350 e. The number of imide groups is 1. The summed E-state index contributed by atoms with van der Waals surface area (Å²) in [6.07, 6.45) is 1.37. The Labute approximate surface area is 215 Å². The van der Waals surface area contributed by atoms with E-state index in [4.69, 9.17) is 11.6 Å². The molecule has 3 aromatic rings. The zero-order valence-corrected chi connectivity index (χ0v) is 20.8. The fourth-order valence-electron chi connectivity index (χ4n) is 3.26. The smallest absolute Gasteiger partial charge is 0.293 e. The summed E-state index contributed by atoms with van der Waals surface area (Å²) in [5.74, 6) is -0.514. The van der Waals surface area contributed by atoms with Crippen molar-refractivity contribution in [1.82, 2.24) is 10.2 Å². The minimum absolute atomic E-state index is 0.0286. The molecule has 0 aromatic heterocycles. The predicted molar refractivity (Wildman–Crippen MR) is 139 cm³/mol. The molecular formula is C26H20ClFN2O3S2. The highest BCUT2D eigenvalue weighted by atomic mass is 35.5. The van der Waals surface area contributed by atoms with E-state index in [-0.39, 0.29) is 29.5 Å². The van der Waals surface area contributed by atoms with Crippen molar-refractivity contribution in [1.29, 1.82) is 0 Å². The number of nitrogens with zero attached hydrogens (tertiary/aromatic N) is 1. The molecule has 178 valence electrons. The van der Waals surface area contributed by atoms with Gasteiger partial charge in [0.1, 0.15) is 5.82 Å². The van der Waals surface area contributed by atoms with Crippen LogP contribution in [0.5, 0.6) is 0 Å². The second-order valence-corrected chi connectivity index (χ2v) is 10.0. The van der Waals surface area contributed by atoms with Crippen LogP contribution in [0.1, 0.15) is 21.5 Å². The number of carbonyl (C=O) groups is 3. The third-order valence-corrected chi connectivity index (χ3v) is 7.36. The number of benzene rings is 3. The Hall–Kier alpha value is -3.07. The van der Waals surface area contributed by atoms with Crippen LogP contribution in [0.3, 0.4) is 0 Å².